The van der Waals surface area contributed by atoms with Crippen molar-refractivity contribution in [3.63, 3.8) is 0 Å². The Kier molecular flexibility index (Phi) is 22.4. The minimum atomic E-state index is -0.196. The number of carbonyl (C=O) groups is 2. The van der Waals surface area contributed by atoms with Gasteiger partial charge in [-0.3, -0.25) is 9.59 Å². The first kappa shape index (κ1) is 31.4. The van der Waals surface area contributed by atoms with Gasteiger partial charge in [0.15, 0.2) is 0 Å². The lowest BCUT2D eigenvalue weighted by molar-refractivity contribution is -0.148. The van der Waals surface area contributed by atoms with Crippen LogP contribution in [0, 0.1) is 5.92 Å². The van der Waals surface area contributed by atoms with E-state index in [9.17, 15) is 9.59 Å². The van der Waals surface area contributed by atoms with E-state index in [-0.39, 0.29) is 17.9 Å². The largest absolute Gasteiger partial charge is 0.465 e. The number of carbonyl (C=O) groups excluding carboxylic acids is 2. The average Bonchev–Trinajstić information content (AvgIpc) is 2.82. The lowest BCUT2D eigenvalue weighted by Gasteiger charge is -2.15. The maximum absolute atomic E-state index is 11.9. The van der Waals surface area contributed by atoms with Gasteiger partial charge in [0.2, 0.25) is 0 Å². The minimum Gasteiger partial charge on any atom is -0.465 e. The molecule has 0 saturated carbocycles. The molecular weight excluding hydrogens is 414 g/mol. The van der Waals surface area contributed by atoms with Crippen LogP contribution < -0.4 is 0 Å². The Morgan fingerprint density at radius 1 is 0.758 bits per heavy atom. The molecule has 33 heavy (non-hydrogen) atoms. The molecule has 0 saturated heterocycles. The zero-order chi connectivity index (χ0) is 24.6. The summed E-state index contributed by atoms with van der Waals surface area (Å²) < 4.78 is 10.6. The molecule has 1 atom stereocenters. The number of rotatable bonds is 22. The Labute approximate surface area is 204 Å². The van der Waals surface area contributed by atoms with E-state index in [4.69, 9.17) is 9.47 Å². The number of hydrogen-bond acceptors (Lipinski definition) is 5. The Bertz CT molecular complexity index is 530. The number of ether oxygens (including phenoxy) is 2. The lowest BCUT2D eigenvalue weighted by atomic mass is 10.1. The second-order valence-electron chi connectivity index (χ2n) is 9.10. The summed E-state index contributed by atoms with van der Waals surface area (Å²) in [7, 11) is 1.98. The van der Waals surface area contributed by atoms with Crippen LogP contribution in [0.3, 0.4) is 0 Å². The summed E-state index contributed by atoms with van der Waals surface area (Å²) in [6.07, 6.45) is 22.8. The number of unbranched alkanes of at least 4 members (excludes halogenated alkanes) is 8. The van der Waals surface area contributed by atoms with Crippen LogP contribution >= 0.6 is 0 Å². The van der Waals surface area contributed by atoms with Crippen LogP contribution in [0.15, 0.2) is 24.3 Å². The number of esters is 2. The van der Waals surface area contributed by atoms with Crippen molar-refractivity contribution in [1.82, 2.24) is 4.90 Å². The lowest BCUT2D eigenvalue weighted by Crippen LogP contribution is -2.23. The van der Waals surface area contributed by atoms with E-state index in [1.54, 1.807) is 0 Å². The van der Waals surface area contributed by atoms with Crippen LogP contribution in [0.4, 0.5) is 0 Å². The predicted octanol–water partition coefficient (Wildman–Crippen LogP) is 6.86. The van der Waals surface area contributed by atoms with Gasteiger partial charge in [0.05, 0.1) is 19.6 Å². The van der Waals surface area contributed by atoms with E-state index in [1.165, 1.54) is 38.5 Å². The highest BCUT2D eigenvalue weighted by atomic mass is 16.5. The van der Waals surface area contributed by atoms with Crippen molar-refractivity contribution in [3.05, 3.63) is 24.3 Å². The number of allylic oxidation sites excluding steroid dienone is 4. The molecule has 192 valence electrons. The SMILES string of the molecule is CCCCC/C=C\C/C=C\CCCCCCCC(=O)OCC(C)COC(=O)CCN(C)CC. The maximum atomic E-state index is 11.9. The Morgan fingerprint density at radius 2 is 1.30 bits per heavy atom. The third kappa shape index (κ3) is 23.3. The molecule has 0 N–H and O–H groups in total. The van der Waals surface area contributed by atoms with Crippen molar-refractivity contribution in [2.75, 3.05) is 33.4 Å². The van der Waals surface area contributed by atoms with Gasteiger partial charge in [-0.05, 0) is 52.1 Å². The molecule has 0 amide bonds. The summed E-state index contributed by atoms with van der Waals surface area (Å²) >= 11 is 0. The molecular formula is C28H51NO4. The fourth-order valence-electron chi connectivity index (χ4n) is 3.18. The van der Waals surface area contributed by atoms with Crippen LogP contribution in [0.25, 0.3) is 0 Å². The van der Waals surface area contributed by atoms with E-state index >= 15 is 0 Å². The van der Waals surface area contributed by atoms with Crippen LogP contribution in [-0.4, -0.2) is 50.2 Å². The van der Waals surface area contributed by atoms with Crippen LogP contribution in [0.5, 0.6) is 0 Å². The highest BCUT2D eigenvalue weighted by Gasteiger charge is 2.11. The second kappa shape index (κ2) is 23.5. The minimum absolute atomic E-state index is 0.0198. The van der Waals surface area contributed by atoms with E-state index in [2.05, 4.69) is 43.1 Å². The molecule has 5 nitrogen and oxygen atoms in total. The molecule has 0 fully saturated rings. The third-order valence-electron chi connectivity index (χ3n) is 5.63. The molecule has 0 aromatic carbocycles. The summed E-state index contributed by atoms with van der Waals surface area (Å²) in [4.78, 5) is 25.7. The van der Waals surface area contributed by atoms with Crippen LogP contribution in [0.2, 0.25) is 0 Å². The Balaban J connectivity index is 3.51. The van der Waals surface area contributed by atoms with Gasteiger partial charge in [0.25, 0.3) is 0 Å². The average molecular weight is 466 g/mol. The smallest absolute Gasteiger partial charge is 0.307 e. The summed E-state index contributed by atoms with van der Waals surface area (Å²) in [5, 5.41) is 0. The van der Waals surface area contributed by atoms with Crippen molar-refractivity contribution >= 4 is 11.9 Å². The summed E-state index contributed by atoms with van der Waals surface area (Å²) in [6, 6.07) is 0. The monoisotopic (exact) mass is 465 g/mol. The van der Waals surface area contributed by atoms with Gasteiger partial charge in [0.1, 0.15) is 0 Å². The van der Waals surface area contributed by atoms with E-state index in [0.29, 0.717) is 32.6 Å². The topological polar surface area (TPSA) is 55.8 Å². The summed E-state index contributed by atoms with van der Waals surface area (Å²) in [6.45, 7) is 8.43. The second-order valence-corrected chi connectivity index (χ2v) is 9.10. The molecule has 0 radical (unpaired) electrons. The fourth-order valence-corrected chi connectivity index (χ4v) is 3.18. The van der Waals surface area contributed by atoms with Gasteiger partial charge in [-0.15, -0.1) is 0 Å². The third-order valence-corrected chi connectivity index (χ3v) is 5.63. The van der Waals surface area contributed by atoms with Gasteiger partial charge in [-0.1, -0.05) is 77.2 Å². The standard InChI is InChI=1S/C28H51NO4/c1-5-7-8-9-10-11-12-13-14-15-16-17-18-19-20-21-27(30)32-24-26(3)25-33-28(31)22-23-29(4)6-2/h10-11,13-14,26H,5-9,12,15-25H2,1-4H3/b11-10-,14-13-. The molecule has 0 aliphatic heterocycles. The van der Waals surface area contributed by atoms with Crippen LogP contribution in [-0.2, 0) is 19.1 Å². The van der Waals surface area contributed by atoms with Gasteiger partial charge >= 0.3 is 11.9 Å². The van der Waals surface area contributed by atoms with Gasteiger partial charge in [-0.2, -0.15) is 0 Å². The molecule has 0 heterocycles. The van der Waals surface area contributed by atoms with Crippen LogP contribution in [0.1, 0.15) is 104 Å². The predicted molar refractivity (Wildman–Crippen MR) is 138 cm³/mol. The van der Waals surface area contributed by atoms with Gasteiger partial charge in [0, 0.05) is 18.9 Å². The first-order valence-corrected chi connectivity index (χ1v) is 13.3. The van der Waals surface area contributed by atoms with E-state index in [0.717, 1.165) is 38.6 Å². The highest BCUT2D eigenvalue weighted by molar-refractivity contribution is 5.69. The van der Waals surface area contributed by atoms with Crippen molar-refractivity contribution < 1.29 is 19.1 Å². The van der Waals surface area contributed by atoms with E-state index in [1.807, 2.05) is 14.0 Å². The first-order valence-electron chi connectivity index (χ1n) is 13.3. The molecule has 0 aromatic rings. The molecule has 0 aliphatic carbocycles. The zero-order valence-electron chi connectivity index (χ0n) is 22.0. The molecule has 0 spiro atoms. The van der Waals surface area contributed by atoms with Crippen molar-refractivity contribution in [1.29, 1.82) is 0 Å². The van der Waals surface area contributed by atoms with E-state index < -0.39 is 0 Å². The van der Waals surface area contributed by atoms with Crippen molar-refractivity contribution in [2.24, 2.45) is 5.92 Å². The quantitative estimate of drug-likeness (QED) is 0.0992. The normalized spacial score (nSPS) is 12.6. The summed E-state index contributed by atoms with van der Waals surface area (Å²) in [5.74, 6) is -0.326. The highest BCUT2D eigenvalue weighted by Crippen LogP contribution is 2.09. The van der Waals surface area contributed by atoms with Gasteiger partial charge in [-0.25, -0.2) is 0 Å². The van der Waals surface area contributed by atoms with Crippen molar-refractivity contribution in [3.8, 4) is 0 Å². The van der Waals surface area contributed by atoms with Crippen molar-refractivity contribution in [2.45, 2.75) is 104 Å². The molecule has 0 aliphatic rings. The van der Waals surface area contributed by atoms with Gasteiger partial charge < -0.3 is 14.4 Å². The fraction of sp³-hybridized carbons (Fsp3) is 0.786. The zero-order valence-corrected chi connectivity index (χ0v) is 22.0. The number of nitrogens with zero attached hydrogens (tertiary/aromatic N) is 1. The number of hydrogen-bond donors (Lipinski definition) is 0. The summed E-state index contributed by atoms with van der Waals surface area (Å²) in [5.41, 5.74) is 0. The Morgan fingerprint density at radius 3 is 1.91 bits per heavy atom. The first-order chi connectivity index (χ1) is 16.0. The Hall–Kier alpha value is -1.62. The molecule has 5 heteroatoms. The molecule has 0 bridgehead atoms. The molecule has 1 unspecified atom stereocenters. The maximum Gasteiger partial charge on any atom is 0.307 e. The molecule has 0 aromatic heterocycles. The molecule has 0 rings (SSSR count).